The molecule has 1 aliphatic heterocycles. The second-order valence-electron chi connectivity index (χ2n) is 6.01. The molecule has 0 spiro atoms. The lowest BCUT2D eigenvalue weighted by Crippen LogP contribution is -2.36. The van der Waals surface area contributed by atoms with Crippen LogP contribution in [-0.2, 0) is 4.74 Å². The van der Waals surface area contributed by atoms with Crippen molar-refractivity contribution < 1.29 is 13.9 Å². The Balaban J connectivity index is 2.18. The summed E-state index contributed by atoms with van der Waals surface area (Å²) >= 11 is 3.19. The zero-order valence-corrected chi connectivity index (χ0v) is 13.5. The summed E-state index contributed by atoms with van der Waals surface area (Å²) < 4.78 is 19.2. The molecule has 0 radical (unpaired) electrons. The number of amides is 1. The summed E-state index contributed by atoms with van der Waals surface area (Å²) in [5.74, 6) is -0.296. The third-order valence-electron chi connectivity index (χ3n) is 3.21. The first-order chi connectivity index (χ1) is 9.28. The zero-order valence-electron chi connectivity index (χ0n) is 12.0. The summed E-state index contributed by atoms with van der Waals surface area (Å²) in [6, 6.07) is 4.85. The molecule has 0 saturated carbocycles. The molecule has 1 amide bonds. The molecule has 0 N–H and O–H groups in total. The monoisotopic (exact) mass is 343 g/mol. The maximum atomic E-state index is 13.3. The van der Waals surface area contributed by atoms with E-state index in [0.717, 1.165) is 18.4 Å². The van der Waals surface area contributed by atoms with Crippen LogP contribution in [0.1, 0.15) is 45.2 Å². The normalized spacial score (nSPS) is 19.2. The molecule has 1 unspecified atom stereocenters. The number of likely N-dealkylation sites (tertiary alicyclic amines) is 1. The van der Waals surface area contributed by atoms with Crippen molar-refractivity contribution in [1.29, 1.82) is 0 Å². The number of ether oxygens (including phenoxy) is 1. The Morgan fingerprint density at radius 2 is 2.15 bits per heavy atom. The molecule has 3 nitrogen and oxygen atoms in total. The number of hydrogen-bond acceptors (Lipinski definition) is 2. The molecule has 0 aromatic heterocycles. The van der Waals surface area contributed by atoms with E-state index in [1.54, 1.807) is 17.0 Å². The van der Waals surface area contributed by atoms with Crippen LogP contribution in [0.5, 0.6) is 0 Å². The Morgan fingerprint density at radius 3 is 2.75 bits per heavy atom. The summed E-state index contributed by atoms with van der Waals surface area (Å²) in [7, 11) is 0. The van der Waals surface area contributed by atoms with Gasteiger partial charge < -0.3 is 9.64 Å². The van der Waals surface area contributed by atoms with Crippen molar-refractivity contribution in [3.05, 3.63) is 34.1 Å². The van der Waals surface area contributed by atoms with Crippen LogP contribution in [0, 0.1) is 5.82 Å². The van der Waals surface area contributed by atoms with E-state index >= 15 is 0 Å². The Labute approximate surface area is 127 Å². The van der Waals surface area contributed by atoms with Gasteiger partial charge in [0.25, 0.3) is 0 Å². The van der Waals surface area contributed by atoms with E-state index in [2.05, 4.69) is 15.9 Å². The second kappa shape index (κ2) is 5.72. The summed E-state index contributed by atoms with van der Waals surface area (Å²) in [6.07, 6.45) is 1.50. The standard InChI is InChI=1S/C15H19BrFNO2/c1-15(2,3)20-14(19)18-8-4-5-13(18)10-6-7-12(17)11(16)9-10/h6-7,9,13H,4-5,8H2,1-3H3. The highest BCUT2D eigenvalue weighted by Gasteiger charge is 2.33. The minimum absolute atomic E-state index is 0.0400. The van der Waals surface area contributed by atoms with Crippen molar-refractivity contribution in [1.82, 2.24) is 4.90 Å². The number of hydrogen-bond donors (Lipinski definition) is 0. The van der Waals surface area contributed by atoms with Gasteiger partial charge in [0.05, 0.1) is 10.5 Å². The van der Waals surface area contributed by atoms with E-state index in [9.17, 15) is 9.18 Å². The molecule has 1 aromatic carbocycles. The molecule has 0 bridgehead atoms. The highest BCUT2D eigenvalue weighted by molar-refractivity contribution is 9.10. The average Bonchev–Trinajstić information content (AvgIpc) is 2.79. The number of nitrogens with zero attached hydrogens (tertiary/aromatic N) is 1. The van der Waals surface area contributed by atoms with Crippen molar-refractivity contribution in [2.75, 3.05) is 6.54 Å². The van der Waals surface area contributed by atoms with Gasteiger partial charge in [-0.05, 0) is 67.2 Å². The van der Waals surface area contributed by atoms with Gasteiger partial charge in [0.2, 0.25) is 0 Å². The predicted molar refractivity (Wildman–Crippen MR) is 79.0 cm³/mol. The molecule has 1 heterocycles. The SMILES string of the molecule is CC(C)(C)OC(=O)N1CCCC1c1ccc(F)c(Br)c1. The number of carbonyl (C=O) groups is 1. The van der Waals surface area contributed by atoms with Gasteiger partial charge in [-0.1, -0.05) is 6.07 Å². The minimum atomic E-state index is -0.506. The quantitative estimate of drug-likeness (QED) is 0.742. The number of benzene rings is 1. The molecule has 1 atom stereocenters. The van der Waals surface area contributed by atoms with Gasteiger partial charge in [-0.3, -0.25) is 0 Å². The number of carbonyl (C=O) groups excluding carboxylic acids is 1. The molecule has 2 rings (SSSR count). The van der Waals surface area contributed by atoms with E-state index in [0.29, 0.717) is 11.0 Å². The van der Waals surface area contributed by atoms with Crippen LogP contribution < -0.4 is 0 Å². The summed E-state index contributed by atoms with van der Waals surface area (Å²) in [4.78, 5) is 13.9. The topological polar surface area (TPSA) is 29.5 Å². The van der Waals surface area contributed by atoms with E-state index in [-0.39, 0.29) is 18.0 Å². The van der Waals surface area contributed by atoms with Gasteiger partial charge in [0.15, 0.2) is 0 Å². The highest BCUT2D eigenvalue weighted by atomic mass is 79.9. The average molecular weight is 344 g/mol. The second-order valence-corrected chi connectivity index (χ2v) is 6.86. The highest BCUT2D eigenvalue weighted by Crippen LogP contribution is 2.34. The number of halogens is 2. The lowest BCUT2D eigenvalue weighted by atomic mass is 10.0. The fourth-order valence-electron chi connectivity index (χ4n) is 2.37. The van der Waals surface area contributed by atoms with Gasteiger partial charge in [-0.25, -0.2) is 9.18 Å². The Kier molecular flexibility index (Phi) is 4.37. The van der Waals surface area contributed by atoms with Gasteiger partial charge in [0, 0.05) is 6.54 Å². The van der Waals surface area contributed by atoms with Crippen LogP contribution in [0.25, 0.3) is 0 Å². The third kappa shape index (κ3) is 3.51. The molecule has 5 heteroatoms. The van der Waals surface area contributed by atoms with Crippen LogP contribution in [0.2, 0.25) is 0 Å². The first kappa shape index (κ1) is 15.3. The Hall–Kier alpha value is -1.10. The van der Waals surface area contributed by atoms with Crippen molar-refractivity contribution in [3.8, 4) is 0 Å². The van der Waals surface area contributed by atoms with Gasteiger partial charge in [0.1, 0.15) is 11.4 Å². The van der Waals surface area contributed by atoms with E-state index < -0.39 is 5.60 Å². The molecule has 1 fully saturated rings. The first-order valence-electron chi connectivity index (χ1n) is 6.72. The first-order valence-corrected chi connectivity index (χ1v) is 7.52. The third-order valence-corrected chi connectivity index (χ3v) is 3.82. The van der Waals surface area contributed by atoms with Crippen LogP contribution in [-0.4, -0.2) is 23.1 Å². The molecular weight excluding hydrogens is 325 g/mol. The molecule has 110 valence electrons. The van der Waals surface area contributed by atoms with Crippen molar-refractivity contribution in [3.63, 3.8) is 0 Å². The molecule has 1 saturated heterocycles. The minimum Gasteiger partial charge on any atom is -0.444 e. The molecule has 1 aliphatic rings. The summed E-state index contributed by atoms with van der Waals surface area (Å²) in [6.45, 7) is 6.23. The van der Waals surface area contributed by atoms with Crippen LogP contribution in [0.3, 0.4) is 0 Å². The molecular formula is C15H19BrFNO2. The smallest absolute Gasteiger partial charge is 0.410 e. The van der Waals surface area contributed by atoms with Crippen LogP contribution in [0.15, 0.2) is 22.7 Å². The lowest BCUT2D eigenvalue weighted by molar-refractivity contribution is 0.0224. The van der Waals surface area contributed by atoms with Crippen LogP contribution >= 0.6 is 15.9 Å². The Bertz CT molecular complexity index is 513. The van der Waals surface area contributed by atoms with Gasteiger partial charge in [-0.2, -0.15) is 0 Å². The van der Waals surface area contributed by atoms with E-state index in [1.165, 1.54) is 6.07 Å². The van der Waals surface area contributed by atoms with Crippen molar-refractivity contribution in [2.24, 2.45) is 0 Å². The van der Waals surface area contributed by atoms with Crippen LogP contribution in [0.4, 0.5) is 9.18 Å². The molecule has 0 aliphatic carbocycles. The molecule has 1 aromatic rings. The van der Waals surface area contributed by atoms with E-state index in [4.69, 9.17) is 4.74 Å². The Morgan fingerprint density at radius 1 is 1.45 bits per heavy atom. The maximum absolute atomic E-state index is 13.3. The van der Waals surface area contributed by atoms with E-state index in [1.807, 2.05) is 20.8 Å². The fraction of sp³-hybridized carbons (Fsp3) is 0.533. The molecule has 20 heavy (non-hydrogen) atoms. The summed E-state index contributed by atoms with van der Waals surface area (Å²) in [5.41, 5.74) is 0.426. The summed E-state index contributed by atoms with van der Waals surface area (Å²) in [5, 5.41) is 0. The number of rotatable bonds is 1. The van der Waals surface area contributed by atoms with Crippen molar-refractivity contribution in [2.45, 2.75) is 45.3 Å². The largest absolute Gasteiger partial charge is 0.444 e. The van der Waals surface area contributed by atoms with Gasteiger partial charge >= 0.3 is 6.09 Å². The van der Waals surface area contributed by atoms with Crippen molar-refractivity contribution >= 4 is 22.0 Å². The lowest BCUT2D eigenvalue weighted by Gasteiger charge is -2.29. The fourth-order valence-corrected chi connectivity index (χ4v) is 2.77. The van der Waals surface area contributed by atoms with Gasteiger partial charge in [-0.15, -0.1) is 0 Å². The maximum Gasteiger partial charge on any atom is 0.410 e. The zero-order chi connectivity index (χ0) is 14.9. The predicted octanol–water partition coefficient (Wildman–Crippen LogP) is 4.66.